The van der Waals surface area contributed by atoms with E-state index in [0.29, 0.717) is 6.42 Å². The van der Waals surface area contributed by atoms with Crippen molar-refractivity contribution in [2.24, 2.45) is 5.92 Å². The summed E-state index contributed by atoms with van der Waals surface area (Å²) in [6.07, 6.45) is 4.61. The number of likely N-dealkylation sites (tertiary alicyclic amines) is 1. The number of anilines is 1. The molecule has 142 valence electrons. The van der Waals surface area contributed by atoms with Crippen molar-refractivity contribution in [3.8, 4) is 5.75 Å². The van der Waals surface area contributed by atoms with Crippen molar-refractivity contribution in [3.05, 3.63) is 45.6 Å². The molecule has 1 unspecified atom stereocenters. The van der Waals surface area contributed by atoms with Gasteiger partial charge in [-0.25, -0.2) is 0 Å². The summed E-state index contributed by atoms with van der Waals surface area (Å²) < 4.78 is 5.15. The molecule has 1 saturated heterocycles. The highest BCUT2D eigenvalue weighted by atomic mass is 32.1. The molecule has 2 heterocycles. The van der Waals surface area contributed by atoms with Crippen LogP contribution in [0.4, 0.5) is 5.69 Å². The summed E-state index contributed by atoms with van der Waals surface area (Å²) in [6, 6.07) is 9.39. The Balaban J connectivity index is 1.41. The molecule has 5 nitrogen and oxygen atoms in total. The van der Waals surface area contributed by atoms with E-state index in [0.717, 1.165) is 55.1 Å². The van der Waals surface area contributed by atoms with Gasteiger partial charge in [0.1, 0.15) is 5.75 Å². The molecule has 2 aromatic rings. The number of ether oxygens (including phenoxy) is 1. The molecule has 1 aliphatic heterocycles. The molecule has 1 N–H and O–H groups in total. The fourth-order valence-corrected chi connectivity index (χ4v) is 5.02. The second kappa shape index (κ2) is 7.72. The monoisotopic (exact) mass is 384 g/mol. The molecule has 1 fully saturated rings. The number of carbonyl (C=O) groups excluding carboxylic acids is 2. The topological polar surface area (TPSA) is 58.6 Å². The fraction of sp³-hybridized carbons (Fsp3) is 0.429. The van der Waals surface area contributed by atoms with Crippen LogP contribution in [0.25, 0.3) is 0 Å². The Kier molecular flexibility index (Phi) is 5.16. The number of nitrogens with one attached hydrogen (secondary N) is 1. The van der Waals surface area contributed by atoms with Crippen molar-refractivity contribution in [2.45, 2.75) is 32.1 Å². The predicted octanol–water partition coefficient (Wildman–Crippen LogP) is 3.74. The summed E-state index contributed by atoms with van der Waals surface area (Å²) in [5.74, 6) is 0.920. The highest BCUT2D eigenvalue weighted by molar-refractivity contribution is 7.14. The van der Waals surface area contributed by atoms with E-state index in [2.05, 4.69) is 5.32 Å². The standard InChI is InChI=1S/C21H24N2O3S/c1-26-17-7-5-16(6-8-17)22-20(24)14-4-9-18-15(12-14)13-19(27-18)21(25)23-10-2-3-11-23/h5-8,13-14H,2-4,9-12H2,1H3,(H,22,24). The Hall–Kier alpha value is -2.34. The number of aryl methyl sites for hydroxylation is 1. The third kappa shape index (κ3) is 3.86. The van der Waals surface area contributed by atoms with Gasteiger partial charge in [0.2, 0.25) is 5.91 Å². The highest BCUT2D eigenvalue weighted by Crippen LogP contribution is 2.34. The number of methoxy groups -OCH3 is 1. The zero-order valence-electron chi connectivity index (χ0n) is 15.5. The summed E-state index contributed by atoms with van der Waals surface area (Å²) in [6.45, 7) is 1.74. The van der Waals surface area contributed by atoms with Crippen LogP contribution < -0.4 is 10.1 Å². The molecule has 0 saturated carbocycles. The van der Waals surface area contributed by atoms with E-state index in [4.69, 9.17) is 4.74 Å². The molecule has 0 radical (unpaired) electrons. The minimum absolute atomic E-state index is 0.0458. The average Bonchev–Trinajstić information content (AvgIpc) is 3.37. The molecular weight excluding hydrogens is 360 g/mol. The van der Waals surface area contributed by atoms with Gasteiger partial charge in [-0.05, 0) is 68.0 Å². The van der Waals surface area contributed by atoms with Gasteiger partial charge in [-0.3, -0.25) is 9.59 Å². The summed E-state index contributed by atoms with van der Waals surface area (Å²) >= 11 is 1.62. The number of hydrogen-bond acceptors (Lipinski definition) is 4. The van der Waals surface area contributed by atoms with Crippen LogP contribution in [0.2, 0.25) is 0 Å². The third-order valence-corrected chi connectivity index (χ3v) is 6.64. The Labute approximate surface area is 163 Å². The van der Waals surface area contributed by atoms with Crippen LogP contribution in [0.15, 0.2) is 30.3 Å². The molecule has 1 aromatic heterocycles. The Morgan fingerprint density at radius 3 is 2.63 bits per heavy atom. The Morgan fingerprint density at radius 2 is 1.93 bits per heavy atom. The number of hydrogen-bond donors (Lipinski definition) is 1. The van der Waals surface area contributed by atoms with Crippen molar-refractivity contribution >= 4 is 28.8 Å². The minimum atomic E-state index is -0.0519. The Morgan fingerprint density at radius 1 is 1.19 bits per heavy atom. The molecule has 1 aliphatic carbocycles. The van der Waals surface area contributed by atoms with Gasteiger partial charge in [-0.15, -0.1) is 11.3 Å². The van der Waals surface area contributed by atoms with Crippen LogP contribution in [0.5, 0.6) is 5.75 Å². The largest absolute Gasteiger partial charge is 0.497 e. The van der Waals surface area contributed by atoms with Gasteiger partial charge in [0.25, 0.3) is 5.91 Å². The normalized spacial score (nSPS) is 18.9. The second-order valence-corrected chi connectivity index (χ2v) is 8.35. The second-order valence-electron chi connectivity index (χ2n) is 7.22. The average molecular weight is 385 g/mol. The van der Waals surface area contributed by atoms with Crippen molar-refractivity contribution in [1.29, 1.82) is 0 Å². The van der Waals surface area contributed by atoms with Crippen LogP contribution in [0, 0.1) is 5.92 Å². The molecule has 2 aliphatic rings. The maximum Gasteiger partial charge on any atom is 0.263 e. The van der Waals surface area contributed by atoms with Gasteiger partial charge < -0.3 is 15.0 Å². The smallest absolute Gasteiger partial charge is 0.263 e. The van der Waals surface area contributed by atoms with Crippen LogP contribution in [-0.4, -0.2) is 36.9 Å². The van der Waals surface area contributed by atoms with Crippen LogP contribution in [-0.2, 0) is 17.6 Å². The van der Waals surface area contributed by atoms with Crippen molar-refractivity contribution < 1.29 is 14.3 Å². The summed E-state index contributed by atoms with van der Waals surface area (Å²) in [5.41, 5.74) is 1.95. The first kappa shape index (κ1) is 18.0. The minimum Gasteiger partial charge on any atom is -0.497 e. The lowest BCUT2D eigenvalue weighted by Gasteiger charge is -2.21. The zero-order valence-corrected chi connectivity index (χ0v) is 16.3. The number of nitrogens with zero attached hydrogens (tertiary/aromatic N) is 1. The number of benzene rings is 1. The molecule has 4 rings (SSSR count). The SMILES string of the molecule is COc1ccc(NC(=O)C2CCc3sc(C(=O)N4CCCC4)cc3C2)cc1. The van der Waals surface area contributed by atoms with Crippen LogP contribution >= 0.6 is 11.3 Å². The molecule has 2 amide bonds. The van der Waals surface area contributed by atoms with Gasteiger partial charge in [0.05, 0.1) is 12.0 Å². The molecule has 27 heavy (non-hydrogen) atoms. The predicted molar refractivity (Wildman–Crippen MR) is 107 cm³/mol. The lowest BCUT2D eigenvalue weighted by molar-refractivity contribution is -0.120. The first-order valence-corrected chi connectivity index (χ1v) is 10.3. The zero-order chi connectivity index (χ0) is 18.8. The van der Waals surface area contributed by atoms with Crippen LogP contribution in [0.3, 0.4) is 0 Å². The van der Waals surface area contributed by atoms with Gasteiger partial charge in [-0.1, -0.05) is 0 Å². The summed E-state index contributed by atoms with van der Waals surface area (Å²) in [5, 5.41) is 3.00. The van der Waals surface area contributed by atoms with E-state index in [1.807, 2.05) is 35.2 Å². The van der Waals surface area contributed by atoms with E-state index in [-0.39, 0.29) is 17.7 Å². The highest BCUT2D eigenvalue weighted by Gasteiger charge is 2.29. The summed E-state index contributed by atoms with van der Waals surface area (Å²) in [7, 11) is 1.62. The van der Waals surface area contributed by atoms with E-state index >= 15 is 0 Å². The van der Waals surface area contributed by atoms with Crippen LogP contribution in [0.1, 0.15) is 39.4 Å². The number of thiophene rings is 1. The van der Waals surface area contributed by atoms with Crippen molar-refractivity contribution in [1.82, 2.24) is 4.90 Å². The van der Waals surface area contributed by atoms with E-state index < -0.39 is 0 Å². The molecular formula is C21H24N2O3S. The molecule has 0 spiro atoms. The first-order valence-electron chi connectivity index (χ1n) is 9.50. The number of rotatable bonds is 4. The quantitative estimate of drug-likeness (QED) is 0.874. The molecule has 0 bridgehead atoms. The lowest BCUT2D eigenvalue weighted by Crippen LogP contribution is -2.27. The van der Waals surface area contributed by atoms with Gasteiger partial charge >= 0.3 is 0 Å². The summed E-state index contributed by atoms with van der Waals surface area (Å²) in [4.78, 5) is 29.3. The van der Waals surface area contributed by atoms with Crippen molar-refractivity contribution in [3.63, 3.8) is 0 Å². The molecule has 1 atom stereocenters. The Bertz CT molecular complexity index is 838. The maximum absolute atomic E-state index is 12.7. The molecule has 6 heteroatoms. The third-order valence-electron chi connectivity index (χ3n) is 5.42. The van der Waals surface area contributed by atoms with Crippen molar-refractivity contribution in [2.75, 3.05) is 25.5 Å². The van der Waals surface area contributed by atoms with Gasteiger partial charge in [0.15, 0.2) is 0 Å². The molecule has 1 aromatic carbocycles. The van der Waals surface area contributed by atoms with E-state index in [1.54, 1.807) is 18.4 Å². The van der Waals surface area contributed by atoms with E-state index in [1.165, 1.54) is 10.4 Å². The van der Waals surface area contributed by atoms with Gasteiger partial charge in [0, 0.05) is 29.6 Å². The number of carbonyl (C=O) groups is 2. The maximum atomic E-state index is 12.7. The number of fused-ring (bicyclic) bond motifs is 1. The fourth-order valence-electron chi connectivity index (χ4n) is 3.85. The van der Waals surface area contributed by atoms with E-state index in [9.17, 15) is 9.59 Å². The first-order chi connectivity index (χ1) is 13.1. The number of amides is 2. The van der Waals surface area contributed by atoms with Gasteiger partial charge in [-0.2, -0.15) is 0 Å². The lowest BCUT2D eigenvalue weighted by atomic mass is 9.87.